The van der Waals surface area contributed by atoms with Gasteiger partial charge in [0.25, 0.3) is 5.56 Å². The van der Waals surface area contributed by atoms with E-state index < -0.39 is 0 Å². The molecule has 4 heteroatoms. The van der Waals surface area contributed by atoms with Crippen molar-refractivity contribution in [3.8, 4) is 0 Å². The van der Waals surface area contributed by atoms with Gasteiger partial charge in [0.2, 0.25) is 0 Å². The topological polar surface area (TPSA) is 37.3 Å². The van der Waals surface area contributed by atoms with Crippen LogP contribution in [0.5, 0.6) is 0 Å². The highest BCUT2D eigenvalue weighted by molar-refractivity contribution is 4.97. The molecular formula is C16H25N3O. The number of hydrogen-bond acceptors (Lipinski definition) is 3. The summed E-state index contributed by atoms with van der Waals surface area (Å²) in [6, 6.07) is 5.38. The lowest BCUT2D eigenvalue weighted by atomic mass is 9.97. The second-order valence-electron chi connectivity index (χ2n) is 6.28. The Balaban J connectivity index is 1.61. The third-order valence-corrected chi connectivity index (χ3v) is 4.79. The summed E-state index contributed by atoms with van der Waals surface area (Å²) in [6.07, 6.45) is 8.46. The van der Waals surface area contributed by atoms with Crippen molar-refractivity contribution < 1.29 is 0 Å². The minimum absolute atomic E-state index is 0.107. The Morgan fingerprint density at radius 3 is 2.80 bits per heavy atom. The first-order valence-electron chi connectivity index (χ1n) is 7.90. The summed E-state index contributed by atoms with van der Waals surface area (Å²) >= 11 is 0. The molecular weight excluding hydrogens is 250 g/mol. The zero-order chi connectivity index (χ0) is 13.8. The molecule has 2 aliphatic rings. The molecule has 0 unspecified atom stereocenters. The van der Waals surface area contributed by atoms with Crippen molar-refractivity contribution in [1.29, 1.82) is 0 Å². The number of pyridine rings is 1. The SMILES string of the molecule is O=c1ccccn1CCN1CCCNC2(CCCC2)C1. The van der Waals surface area contributed by atoms with Gasteiger partial charge in [0.1, 0.15) is 0 Å². The van der Waals surface area contributed by atoms with Crippen LogP contribution in [0.3, 0.4) is 0 Å². The van der Waals surface area contributed by atoms with Crippen LogP contribution >= 0.6 is 0 Å². The quantitative estimate of drug-likeness (QED) is 0.907. The molecule has 0 amide bonds. The van der Waals surface area contributed by atoms with Gasteiger partial charge in [0, 0.05) is 37.4 Å². The smallest absolute Gasteiger partial charge is 0.250 e. The van der Waals surface area contributed by atoms with E-state index in [1.54, 1.807) is 6.07 Å². The summed E-state index contributed by atoms with van der Waals surface area (Å²) in [5.74, 6) is 0. The first-order chi connectivity index (χ1) is 9.77. The summed E-state index contributed by atoms with van der Waals surface area (Å²) < 4.78 is 1.82. The van der Waals surface area contributed by atoms with Gasteiger partial charge in [0.05, 0.1) is 0 Å². The summed E-state index contributed by atoms with van der Waals surface area (Å²) in [5.41, 5.74) is 0.467. The predicted octanol–water partition coefficient (Wildman–Crippen LogP) is 1.46. The highest BCUT2D eigenvalue weighted by Gasteiger charge is 2.36. The number of nitrogens with one attached hydrogen (secondary N) is 1. The van der Waals surface area contributed by atoms with E-state index in [0.717, 1.165) is 32.7 Å². The molecule has 4 nitrogen and oxygen atoms in total. The molecule has 1 aromatic heterocycles. The molecule has 2 heterocycles. The lowest BCUT2D eigenvalue weighted by Gasteiger charge is -2.33. The highest BCUT2D eigenvalue weighted by atomic mass is 16.1. The van der Waals surface area contributed by atoms with E-state index in [1.165, 1.54) is 32.1 Å². The monoisotopic (exact) mass is 275 g/mol. The fourth-order valence-corrected chi connectivity index (χ4v) is 3.69. The van der Waals surface area contributed by atoms with Crippen LogP contribution in [0.2, 0.25) is 0 Å². The minimum Gasteiger partial charge on any atom is -0.314 e. The minimum atomic E-state index is 0.107. The average Bonchev–Trinajstić information content (AvgIpc) is 2.80. The summed E-state index contributed by atoms with van der Waals surface area (Å²) in [7, 11) is 0. The van der Waals surface area contributed by atoms with Crippen molar-refractivity contribution in [3.05, 3.63) is 34.7 Å². The van der Waals surface area contributed by atoms with Gasteiger partial charge >= 0.3 is 0 Å². The normalized spacial score (nSPS) is 23.0. The van der Waals surface area contributed by atoms with Crippen LogP contribution in [0, 0.1) is 0 Å². The van der Waals surface area contributed by atoms with Crippen LogP contribution < -0.4 is 10.9 Å². The van der Waals surface area contributed by atoms with Crippen molar-refractivity contribution in [2.45, 2.75) is 44.2 Å². The van der Waals surface area contributed by atoms with Gasteiger partial charge in [-0.25, -0.2) is 0 Å². The zero-order valence-electron chi connectivity index (χ0n) is 12.2. The molecule has 110 valence electrons. The van der Waals surface area contributed by atoms with E-state index in [4.69, 9.17) is 0 Å². The maximum Gasteiger partial charge on any atom is 0.250 e. The van der Waals surface area contributed by atoms with Gasteiger partial charge in [-0.15, -0.1) is 0 Å². The third kappa shape index (κ3) is 3.13. The largest absolute Gasteiger partial charge is 0.314 e. The molecule has 0 atom stereocenters. The van der Waals surface area contributed by atoms with E-state index in [-0.39, 0.29) is 5.56 Å². The van der Waals surface area contributed by atoms with Gasteiger partial charge in [-0.2, -0.15) is 0 Å². The molecule has 1 N–H and O–H groups in total. The van der Waals surface area contributed by atoms with Crippen LogP contribution in [0.4, 0.5) is 0 Å². The van der Waals surface area contributed by atoms with Crippen molar-refractivity contribution in [2.24, 2.45) is 0 Å². The predicted molar refractivity (Wildman–Crippen MR) is 81.0 cm³/mol. The van der Waals surface area contributed by atoms with Crippen LogP contribution in [0.1, 0.15) is 32.1 Å². The van der Waals surface area contributed by atoms with Gasteiger partial charge < -0.3 is 9.88 Å². The molecule has 1 saturated heterocycles. The Morgan fingerprint density at radius 1 is 1.15 bits per heavy atom. The molecule has 20 heavy (non-hydrogen) atoms. The fourth-order valence-electron chi connectivity index (χ4n) is 3.69. The van der Waals surface area contributed by atoms with Crippen molar-refractivity contribution in [1.82, 2.24) is 14.8 Å². The number of hydrogen-bond donors (Lipinski definition) is 1. The molecule has 0 aromatic carbocycles. The number of aromatic nitrogens is 1. The molecule has 1 spiro atoms. The lowest BCUT2D eigenvalue weighted by molar-refractivity contribution is 0.203. The Bertz CT molecular complexity index is 490. The Morgan fingerprint density at radius 2 is 2.00 bits per heavy atom. The summed E-state index contributed by atoms with van der Waals surface area (Å²) in [6.45, 7) is 5.22. The Kier molecular flexibility index (Phi) is 4.22. The van der Waals surface area contributed by atoms with Crippen molar-refractivity contribution in [2.75, 3.05) is 26.2 Å². The summed E-state index contributed by atoms with van der Waals surface area (Å²) in [4.78, 5) is 14.3. The van der Waals surface area contributed by atoms with E-state index in [0.29, 0.717) is 5.54 Å². The van der Waals surface area contributed by atoms with E-state index >= 15 is 0 Å². The lowest BCUT2D eigenvalue weighted by Crippen LogP contribution is -2.49. The summed E-state index contributed by atoms with van der Waals surface area (Å²) in [5, 5.41) is 3.79. The molecule has 1 aliphatic carbocycles. The molecule has 2 fully saturated rings. The maximum atomic E-state index is 11.7. The highest BCUT2D eigenvalue weighted by Crippen LogP contribution is 2.31. The maximum absolute atomic E-state index is 11.7. The van der Waals surface area contributed by atoms with E-state index in [1.807, 2.05) is 22.9 Å². The van der Waals surface area contributed by atoms with Crippen LogP contribution in [0.25, 0.3) is 0 Å². The van der Waals surface area contributed by atoms with Gasteiger partial charge in [0.15, 0.2) is 0 Å². The van der Waals surface area contributed by atoms with Crippen LogP contribution in [0.15, 0.2) is 29.2 Å². The molecule has 3 rings (SSSR count). The van der Waals surface area contributed by atoms with E-state index in [9.17, 15) is 4.79 Å². The fraction of sp³-hybridized carbons (Fsp3) is 0.688. The van der Waals surface area contributed by atoms with Gasteiger partial charge in [-0.3, -0.25) is 9.69 Å². The van der Waals surface area contributed by atoms with Crippen molar-refractivity contribution >= 4 is 0 Å². The average molecular weight is 275 g/mol. The van der Waals surface area contributed by atoms with Crippen LogP contribution in [-0.4, -0.2) is 41.2 Å². The molecule has 1 aromatic rings. The molecule has 0 radical (unpaired) electrons. The second-order valence-corrected chi connectivity index (χ2v) is 6.28. The molecule has 0 bridgehead atoms. The second kappa shape index (κ2) is 6.10. The number of nitrogens with zero attached hydrogens (tertiary/aromatic N) is 2. The first kappa shape index (κ1) is 13.8. The molecule has 1 aliphatic heterocycles. The zero-order valence-corrected chi connectivity index (χ0v) is 12.2. The van der Waals surface area contributed by atoms with Crippen molar-refractivity contribution in [3.63, 3.8) is 0 Å². The standard InChI is InChI=1S/C16H25N3O/c20-15-6-1-4-11-19(15)13-12-18-10-5-9-17-16(14-18)7-2-3-8-16/h1,4,6,11,17H,2-3,5,7-10,12-14H2. The van der Waals surface area contributed by atoms with E-state index in [2.05, 4.69) is 10.2 Å². The van der Waals surface area contributed by atoms with Crippen LogP contribution in [-0.2, 0) is 6.54 Å². The van der Waals surface area contributed by atoms with Gasteiger partial charge in [-0.05, 0) is 38.4 Å². The third-order valence-electron chi connectivity index (χ3n) is 4.79. The molecule has 1 saturated carbocycles. The Hall–Kier alpha value is -1.13. The number of rotatable bonds is 3. The van der Waals surface area contributed by atoms with Gasteiger partial charge in [-0.1, -0.05) is 18.9 Å². The Labute approximate surface area is 120 Å². The first-order valence-corrected chi connectivity index (χ1v) is 7.90.